The van der Waals surface area contributed by atoms with Crippen LogP contribution in [0.4, 0.5) is 0 Å². The topological polar surface area (TPSA) is 32.5 Å². The Morgan fingerprint density at radius 2 is 2.19 bits per heavy atom. The van der Waals surface area contributed by atoms with Crippen LogP contribution in [0.25, 0.3) is 0 Å². The molecule has 0 aromatic rings. The number of hydrogen-bond acceptors (Lipinski definition) is 3. The van der Waals surface area contributed by atoms with Gasteiger partial charge in [0, 0.05) is 25.0 Å². The molecule has 1 rings (SSSR count). The van der Waals surface area contributed by atoms with E-state index in [0.29, 0.717) is 17.1 Å². The monoisotopic (exact) mass is 243 g/mol. The molecule has 4 heteroatoms. The molecule has 2 N–H and O–H groups in total. The maximum Gasteiger partial charge on any atom is 0.0742 e. The van der Waals surface area contributed by atoms with Gasteiger partial charge in [0.1, 0.15) is 0 Å². The van der Waals surface area contributed by atoms with Crippen molar-refractivity contribution >= 4 is 17.2 Å². The van der Waals surface area contributed by atoms with E-state index >= 15 is 0 Å². The first-order chi connectivity index (χ1) is 7.54. The molecular formula is C12H25N3S. The number of nitrogens with two attached hydrogens (primary N) is 1. The third-order valence-corrected chi connectivity index (χ3v) is 3.65. The summed E-state index contributed by atoms with van der Waals surface area (Å²) in [6.45, 7) is 8.05. The van der Waals surface area contributed by atoms with Crippen LogP contribution in [-0.4, -0.2) is 53.6 Å². The molecule has 0 saturated carbocycles. The number of rotatable bonds is 4. The van der Waals surface area contributed by atoms with Gasteiger partial charge in [-0.3, -0.25) is 4.90 Å². The molecule has 1 fully saturated rings. The Kier molecular flexibility index (Phi) is 5.66. The van der Waals surface area contributed by atoms with Gasteiger partial charge < -0.3 is 10.6 Å². The van der Waals surface area contributed by atoms with E-state index in [0.717, 1.165) is 13.0 Å². The Bertz CT molecular complexity index is 232. The molecule has 1 heterocycles. The van der Waals surface area contributed by atoms with E-state index in [2.05, 4.69) is 30.7 Å². The fraction of sp³-hybridized carbons (Fsp3) is 0.917. The normalized spacial score (nSPS) is 26.3. The highest BCUT2D eigenvalue weighted by Crippen LogP contribution is 2.17. The fourth-order valence-corrected chi connectivity index (χ4v) is 2.86. The van der Waals surface area contributed by atoms with E-state index in [-0.39, 0.29) is 0 Å². The van der Waals surface area contributed by atoms with Gasteiger partial charge in [0.2, 0.25) is 0 Å². The predicted molar refractivity (Wildman–Crippen MR) is 73.8 cm³/mol. The average Bonchev–Trinajstić information content (AvgIpc) is 2.38. The Balaban J connectivity index is 2.63. The van der Waals surface area contributed by atoms with Crippen LogP contribution >= 0.6 is 12.2 Å². The zero-order valence-electron chi connectivity index (χ0n) is 10.8. The minimum Gasteiger partial charge on any atom is -0.393 e. The highest BCUT2D eigenvalue weighted by atomic mass is 32.1. The van der Waals surface area contributed by atoms with E-state index in [1.807, 2.05) is 0 Å². The molecule has 0 aromatic heterocycles. The van der Waals surface area contributed by atoms with Crippen LogP contribution in [0, 0.1) is 0 Å². The maximum absolute atomic E-state index is 5.65. The Morgan fingerprint density at radius 3 is 2.75 bits per heavy atom. The lowest BCUT2D eigenvalue weighted by atomic mass is 10.1. The Labute approximate surface area is 105 Å². The quantitative estimate of drug-likeness (QED) is 0.758. The van der Waals surface area contributed by atoms with E-state index in [1.54, 1.807) is 0 Å². The summed E-state index contributed by atoms with van der Waals surface area (Å²) >= 11 is 5.01. The second-order valence-corrected chi connectivity index (χ2v) is 5.46. The van der Waals surface area contributed by atoms with Crippen LogP contribution in [0.5, 0.6) is 0 Å². The highest BCUT2D eigenvalue weighted by Gasteiger charge is 2.25. The lowest BCUT2D eigenvalue weighted by Gasteiger charge is -2.35. The van der Waals surface area contributed by atoms with Gasteiger partial charge >= 0.3 is 0 Å². The second-order valence-electron chi connectivity index (χ2n) is 4.94. The third-order valence-electron chi connectivity index (χ3n) is 3.48. The summed E-state index contributed by atoms with van der Waals surface area (Å²) < 4.78 is 0. The van der Waals surface area contributed by atoms with Gasteiger partial charge in [-0.15, -0.1) is 0 Å². The van der Waals surface area contributed by atoms with Crippen LogP contribution in [0.1, 0.15) is 33.1 Å². The molecule has 1 aliphatic heterocycles. The van der Waals surface area contributed by atoms with Crippen molar-refractivity contribution in [3.05, 3.63) is 0 Å². The van der Waals surface area contributed by atoms with Gasteiger partial charge in [0.05, 0.1) is 4.99 Å². The van der Waals surface area contributed by atoms with Crippen molar-refractivity contribution in [2.45, 2.75) is 45.2 Å². The SMILES string of the molecule is CCC1CN(C)CCCN1C(C)CC(N)=S. The number of nitrogens with zero attached hydrogens (tertiary/aromatic N) is 2. The Morgan fingerprint density at radius 1 is 1.50 bits per heavy atom. The summed E-state index contributed by atoms with van der Waals surface area (Å²) in [5.41, 5.74) is 5.65. The molecule has 1 aliphatic rings. The van der Waals surface area contributed by atoms with Crippen LogP contribution in [-0.2, 0) is 0 Å². The molecule has 0 aliphatic carbocycles. The molecule has 0 spiro atoms. The van der Waals surface area contributed by atoms with Crippen molar-refractivity contribution < 1.29 is 0 Å². The van der Waals surface area contributed by atoms with Crippen LogP contribution < -0.4 is 5.73 Å². The van der Waals surface area contributed by atoms with Crippen LogP contribution in [0.2, 0.25) is 0 Å². The standard InChI is InChI=1S/C12H25N3S/c1-4-11-9-14(3)6-5-7-15(11)10(2)8-12(13)16/h10-11H,4-9H2,1-3H3,(H2,13,16). The number of thiocarbonyl (C=S) groups is 1. The zero-order valence-corrected chi connectivity index (χ0v) is 11.6. The molecule has 0 bridgehead atoms. The van der Waals surface area contributed by atoms with Crippen LogP contribution in [0.15, 0.2) is 0 Å². The summed E-state index contributed by atoms with van der Waals surface area (Å²) in [4.78, 5) is 5.66. The minimum absolute atomic E-state index is 0.481. The molecule has 2 unspecified atom stereocenters. The van der Waals surface area contributed by atoms with E-state index in [4.69, 9.17) is 18.0 Å². The van der Waals surface area contributed by atoms with Crippen molar-refractivity contribution in [1.82, 2.24) is 9.80 Å². The van der Waals surface area contributed by atoms with E-state index < -0.39 is 0 Å². The van der Waals surface area contributed by atoms with Crippen molar-refractivity contribution in [3.8, 4) is 0 Å². The van der Waals surface area contributed by atoms with Gasteiger partial charge in [0.25, 0.3) is 0 Å². The van der Waals surface area contributed by atoms with E-state index in [9.17, 15) is 0 Å². The molecular weight excluding hydrogens is 218 g/mol. The first-order valence-electron chi connectivity index (χ1n) is 6.27. The Hall–Kier alpha value is -0.190. The largest absolute Gasteiger partial charge is 0.393 e. The average molecular weight is 243 g/mol. The van der Waals surface area contributed by atoms with Gasteiger partial charge in [-0.25, -0.2) is 0 Å². The molecule has 3 nitrogen and oxygen atoms in total. The van der Waals surface area contributed by atoms with Crippen LogP contribution in [0.3, 0.4) is 0 Å². The van der Waals surface area contributed by atoms with Gasteiger partial charge in [-0.2, -0.15) is 0 Å². The zero-order chi connectivity index (χ0) is 12.1. The highest BCUT2D eigenvalue weighted by molar-refractivity contribution is 7.80. The fourth-order valence-electron chi connectivity index (χ4n) is 2.61. The van der Waals surface area contributed by atoms with Gasteiger partial charge in [0.15, 0.2) is 0 Å². The number of hydrogen-bond donors (Lipinski definition) is 1. The van der Waals surface area contributed by atoms with Crippen molar-refractivity contribution in [1.29, 1.82) is 0 Å². The van der Waals surface area contributed by atoms with Gasteiger partial charge in [-0.05, 0) is 39.9 Å². The minimum atomic E-state index is 0.481. The summed E-state index contributed by atoms with van der Waals surface area (Å²) in [5, 5.41) is 0. The van der Waals surface area contributed by atoms with E-state index in [1.165, 1.54) is 25.9 Å². The molecule has 0 amide bonds. The first-order valence-corrected chi connectivity index (χ1v) is 6.68. The molecule has 0 radical (unpaired) electrons. The molecule has 2 atom stereocenters. The summed E-state index contributed by atoms with van der Waals surface area (Å²) in [6, 6.07) is 1.13. The molecule has 1 saturated heterocycles. The first kappa shape index (κ1) is 13.9. The third kappa shape index (κ3) is 4.00. The molecule has 0 aromatic carbocycles. The van der Waals surface area contributed by atoms with Crippen molar-refractivity contribution in [2.75, 3.05) is 26.7 Å². The summed E-state index contributed by atoms with van der Waals surface area (Å²) in [6.07, 6.45) is 3.29. The second kappa shape index (κ2) is 6.52. The summed E-state index contributed by atoms with van der Waals surface area (Å²) in [5.74, 6) is 0. The maximum atomic E-state index is 5.65. The summed E-state index contributed by atoms with van der Waals surface area (Å²) in [7, 11) is 2.21. The smallest absolute Gasteiger partial charge is 0.0742 e. The lowest BCUT2D eigenvalue weighted by Crippen LogP contribution is -2.45. The van der Waals surface area contributed by atoms with Crippen molar-refractivity contribution in [3.63, 3.8) is 0 Å². The van der Waals surface area contributed by atoms with Crippen molar-refractivity contribution in [2.24, 2.45) is 5.73 Å². The predicted octanol–water partition coefficient (Wildman–Crippen LogP) is 1.47. The van der Waals surface area contributed by atoms with Gasteiger partial charge in [-0.1, -0.05) is 19.1 Å². The molecule has 94 valence electrons. The molecule has 16 heavy (non-hydrogen) atoms. The lowest BCUT2D eigenvalue weighted by molar-refractivity contribution is 0.140. The number of likely N-dealkylation sites (N-methyl/N-ethyl adjacent to an activating group) is 1.